The van der Waals surface area contributed by atoms with E-state index in [0.29, 0.717) is 24.0 Å². The van der Waals surface area contributed by atoms with E-state index >= 15 is 0 Å². The zero-order chi connectivity index (χ0) is 15.9. The number of benzene rings is 1. The van der Waals surface area contributed by atoms with E-state index in [-0.39, 0.29) is 11.8 Å². The molecule has 2 N–H and O–H groups in total. The number of amides is 2. The first-order valence-electron chi connectivity index (χ1n) is 8.00. The maximum Gasteiger partial charge on any atom is 0.238 e. The van der Waals surface area contributed by atoms with Crippen LogP contribution in [-0.2, 0) is 9.59 Å². The van der Waals surface area contributed by atoms with Crippen molar-refractivity contribution >= 4 is 23.2 Å². The first-order chi connectivity index (χ1) is 10.6. The van der Waals surface area contributed by atoms with Crippen LogP contribution in [0, 0.1) is 0 Å². The first-order valence-corrected chi connectivity index (χ1v) is 8.00. The lowest BCUT2D eigenvalue weighted by Gasteiger charge is -2.26. The predicted molar refractivity (Wildman–Crippen MR) is 88.9 cm³/mol. The molecule has 5 nitrogen and oxygen atoms in total. The van der Waals surface area contributed by atoms with Crippen LogP contribution in [0.5, 0.6) is 0 Å². The molecule has 0 aromatic heterocycles. The van der Waals surface area contributed by atoms with Crippen molar-refractivity contribution in [3.05, 3.63) is 24.3 Å². The smallest absolute Gasteiger partial charge is 0.238 e. The summed E-state index contributed by atoms with van der Waals surface area (Å²) >= 11 is 0. The Kier molecular flexibility index (Phi) is 5.95. The van der Waals surface area contributed by atoms with Crippen molar-refractivity contribution in [1.29, 1.82) is 0 Å². The summed E-state index contributed by atoms with van der Waals surface area (Å²) in [5.41, 5.74) is 1.40. The molecule has 0 unspecified atom stereocenters. The quantitative estimate of drug-likeness (QED) is 0.849. The lowest BCUT2D eigenvalue weighted by atomic mass is 10.2. The Morgan fingerprint density at radius 3 is 2.41 bits per heavy atom. The van der Waals surface area contributed by atoms with Gasteiger partial charge in [-0.15, -0.1) is 0 Å². The molecule has 0 bridgehead atoms. The predicted octanol–water partition coefficient (Wildman–Crippen LogP) is 2.85. The van der Waals surface area contributed by atoms with Gasteiger partial charge in [0.15, 0.2) is 0 Å². The number of likely N-dealkylation sites (N-methyl/N-ethyl adjacent to an activating group) is 1. The Morgan fingerprint density at radius 1 is 1.18 bits per heavy atom. The van der Waals surface area contributed by atoms with Crippen molar-refractivity contribution in [1.82, 2.24) is 4.90 Å². The number of nitrogens with zero attached hydrogens (tertiary/aromatic N) is 1. The van der Waals surface area contributed by atoms with Crippen LogP contribution in [0.2, 0.25) is 0 Å². The fourth-order valence-electron chi connectivity index (χ4n) is 3.03. The first kappa shape index (κ1) is 16.5. The van der Waals surface area contributed by atoms with Crippen molar-refractivity contribution in [2.75, 3.05) is 23.7 Å². The van der Waals surface area contributed by atoms with Gasteiger partial charge < -0.3 is 10.6 Å². The summed E-state index contributed by atoms with van der Waals surface area (Å²) in [6.45, 7) is 4.88. The SMILES string of the molecule is CCN(CC(=O)Nc1cccc(NC(C)=O)c1)C1CCCC1. The molecule has 120 valence electrons. The summed E-state index contributed by atoms with van der Waals surface area (Å²) in [7, 11) is 0. The zero-order valence-corrected chi connectivity index (χ0v) is 13.4. The van der Waals surface area contributed by atoms with Gasteiger partial charge >= 0.3 is 0 Å². The minimum Gasteiger partial charge on any atom is -0.326 e. The third-order valence-corrected chi connectivity index (χ3v) is 4.06. The maximum atomic E-state index is 12.2. The Balaban J connectivity index is 1.91. The lowest BCUT2D eigenvalue weighted by molar-refractivity contribution is -0.118. The molecule has 2 rings (SSSR count). The molecule has 0 radical (unpaired) electrons. The van der Waals surface area contributed by atoms with Crippen LogP contribution >= 0.6 is 0 Å². The van der Waals surface area contributed by atoms with Crippen LogP contribution in [0.4, 0.5) is 11.4 Å². The topological polar surface area (TPSA) is 61.4 Å². The average Bonchev–Trinajstić information content (AvgIpc) is 2.98. The third-order valence-electron chi connectivity index (χ3n) is 4.06. The molecule has 0 atom stereocenters. The molecular weight excluding hydrogens is 278 g/mol. The van der Waals surface area contributed by atoms with E-state index in [2.05, 4.69) is 22.5 Å². The van der Waals surface area contributed by atoms with Crippen LogP contribution in [0.3, 0.4) is 0 Å². The van der Waals surface area contributed by atoms with Gasteiger partial charge in [-0.25, -0.2) is 0 Å². The fourth-order valence-corrected chi connectivity index (χ4v) is 3.03. The van der Waals surface area contributed by atoms with Gasteiger partial charge in [0.25, 0.3) is 0 Å². The number of hydrogen-bond donors (Lipinski definition) is 2. The van der Waals surface area contributed by atoms with Gasteiger partial charge in [-0.3, -0.25) is 14.5 Å². The van der Waals surface area contributed by atoms with Gasteiger partial charge in [-0.1, -0.05) is 25.8 Å². The highest BCUT2D eigenvalue weighted by Crippen LogP contribution is 2.23. The van der Waals surface area contributed by atoms with Crippen LogP contribution in [0.1, 0.15) is 39.5 Å². The van der Waals surface area contributed by atoms with Gasteiger partial charge in [-0.2, -0.15) is 0 Å². The number of carbonyl (C=O) groups excluding carboxylic acids is 2. The second-order valence-corrected chi connectivity index (χ2v) is 5.81. The van der Waals surface area contributed by atoms with E-state index in [0.717, 1.165) is 6.54 Å². The summed E-state index contributed by atoms with van der Waals surface area (Å²) in [6, 6.07) is 7.75. The summed E-state index contributed by atoms with van der Waals surface area (Å²) < 4.78 is 0. The largest absolute Gasteiger partial charge is 0.326 e. The standard InChI is InChI=1S/C17H25N3O2/c1-3-20(16-9-4-5-10-16)12-17(22)19-15-8-6-7-14(11-15)18-13(2)21/h6-8,11,16H,3-5,9-10,12H2,1-2H3,(H,18,21)(H,19,22). The summed E-state index contributed by atoms with van der Waals surface area (Å²) in [4.78, 5) is 25.6. The van der Waals surface area contributed by atoms with Crippen LogP contribution in [0.15, 0.2) is 24.3 Å². The molecule has 1 saturated carbocycles. The van der Waals surface area contributed by atoms with E-state index < -0.39 is 0 Å². The number of carbonyl (C=O) groups is 2. The summed E-state index contributed by atoms with van der Waals surface area (Å²) in [6.07, 6.45) is 4.92. The monoisotopic (exact) mass is 303 g/mol. The van der Waals surface area contributed by atoms with E-state index in [1.165, 1.54) is 32.6 Å². The molecule has 22 heavy (non-hydrogen) atoms. The Hall–Kier alpha value is -1.88. The number of nitrogens with one attached hydrogen (secondary N) is 2. The number of hydrogen-bond acceptors (Lipinski definition) is 3. The molecule has 2 amide bonds. The van der Waals surface area contributed by atoms with E-state index in [4.69, 9.17) is 0 Å². The summed E-state index contributed by atoms with van der Waals surface area (Å²) in [5, 5.41) is 5.63. The van der Waals surface area contributed by atoms with E-state index in [1.54, 1.807) is 12.1 Å². The lowest BCUT2D eigenvalue weighted by Crippen LogP contribution is -2.39. The Morgan fingerprint density at radius 2 is 1.82 bits per heavy atom. The molecule has 0 heterocycles. The third kappa shape index (κ3) is 4.84. The highest BCUT2D eigenvalue weighted by molar-refractivity contribution is 5.94. The molecule has 1 aliphatic rings. The fraction of sp³-hybridized carbons (Fsp3) is 0.529. The summed E-state index contributed by atoms with van der Waals surface area (Å²) in [5.74, 6) is -0.129. The number of anilines is 2. The van der Waals surface area contributed by atoms with Crippen molar-refractivity contribution in [3.8, 4) is 0 Å². The van der Waals surface area contributed by atoms with Crippen molar-refractivity contribution in [2.24, 2.45) is 0 Å². The highest BCUT2D eigenvalue weighted by Gasteiger charge is 2.22. The number of rotatable bonds is 6. The van der Waals surface area contributed by atoms with Crippen molar-refractivity contribution < 1.29 is 9.59 Å². The molecule has 0 saturated heterocycles. The van der Waals surface area contributed by atoms with Gasteiger partial charge in [0.05, 0.1) is 6.54 Å². The molecule has 1 fully saturated rings. The molecule has 0 spiro atoms. The Bertz CT molecular complexity index is 524. The molecule has 1 aromatic carbocycles. The average molecular weight is 303 g/mol. The zero-order valence-electron chi connectivity index (χ0n) is 13.4. The maximum absolute atomic E-state index is 12.2. The van der Waals surface area contributed by atoms with Gasteiger partial charge in [0.1, 0.15) is 0 Å². The van der Waals surface area contributed by atoms with Crippen LogP contribution in [-0.4, -0.2) is 35.8 Å². The molecule has 1 aliphatic carbocycles. The van der Waals surface area contributed by atoms with Crippen molar-refractivity contribution in [3.63, 3.8) is 0 Å². The van der Waals surface area contributed by atoms with Gasteiger partial charge in [-0.05, 0) is 37.6 Å². The Labute approximate surface area is 132 Å². The minimum absolute atomic E-state index is 0.00581. The van der Waals surface area contributed by atoms with Gasteiger partial charge in [0, 0.05) is 24.3 Å². The van der Waals surface area contributed by atoms with E-state index in [9.17, 15) is 9.59 Å². The van der Waals surface area contributed by atoms with Crippen LogP contribution < -0.4 is 10.6 Å². The van der Waals surface area contributed by atoms with Crippen LogP contribution in [0.25, 0.3) is 0 Å². The van der Waals surface area contributed by atoms with Gasteiger partial charge in [0.2, 0.25) is 11.8 Å². The molecule has 1 aromatic rings. The highest BCUT2D eigenvalue weighted by atomic mass is 16.2. The molecular formula is C17H25N3O2. The second kappa shape index (κ2) is 7.94. The van der Waals surface area contributed by atoms with E-state index in [1.807, 2.05) is 12.1 Å². The van der Waals surface area contributed by atoms with Crippen molar-refractivity contribution in [2.45, 2.75) is 45.6 Å². The minimum atomic E-state index is -0.123. The second-order valence-electron chi connectivity index (χ2n) is 5.81. The normalized spacial score (nSPS) is 15.0. The molecule has 5 heteroatoms. The molecule has 0 aliphatic heterocycles.